The predicted molar refractivity (Wildman–Crippen MR) is 85.5 cm³/mol. The van der Waals surface area contributed by atoms with Crippen molar-refractivity contribution < 1.29 is 13.5 Å². The van der Waals surface area contributed by atoms with Gasteiger partial charge < -0.3 is 15.0 Å². The molecule has 23 heavy (non-hydrogen) atoms. The van der Waals surface area contributed by atoms with Crippen LogP contribution < -0.4 is 10.1 Å². The summed E-state index contributed by atoms with van der Waals surface area (Å²) < 4.78 is 31.8. The highest BCUT2D eigenvalue weighted by molar-refractivity contribution is 5.32. The highest BCUT2D eigenvalue weighted by Gasteiger charge is 2.10. The van der Waals surface area contributed by atoms with Crippen molar-refractivity contribution in [2.75, 3.05) is 20.6 Å². The lowest BCUT2D eigenvalue weighted by Crippen LogP contribution is -2.35. The molecule has 1 N–H and O–H groups in total. The highest BCUT2D eigenvalue weighted by atomic mass is 19.2. The van der Waals surface area contributed by atoms with Gasteiger partial charge in [-0.05, 0) is 39.2 Å². The first kappa shape index (κ1) is 17.3. The van der Waals surface area contributed by atoms with E-state index in [1.807, 2.05) is 26.2 Å². The first-order chi connectivity index (χ1) is 11.0. The summed E-state index contributed by atoms with van der Waals surface area (Å²) in [7, 11) is 4.03. The summed E-state index contributed by atoms with van der Waals surface area (Å²) in [5.74, 6) is -1.26. The normalized spacial score (nSPS) is 12.4. The number of pyridine rings is 1. The Labute approximate surface area is 135 Å². The molecule has 1 atom stereocenters. The number of rotatable bonds is 7. The molecule has 1 aromatic heterocycles. The molecule has 6 heteroatoms. The van der Waals surface area contributed by atoms with Gasteiger partial charge in [0.15, 0.2) is 11.6 Å². The summed E-state index contributed by atoms with van der Waals surface area (Å²) in [4.78, 5) is 6.27. The molecule has 0 aliphatic heterocycles. The van der Waals surface area contributed by atoms with Crippen LogP contribution in [0.15, 0.2) is 36.5 Å². The van der Waals surface area contributed by atoms with Crippen LogP contribution in [0.4, 0.5) is 8.78 Å². The lowest BCUT2D eigenvalue weighted by Gasteiger charge is -2.19. The third-order valence-corrected chi connectivity index (χ3v) is 3.24. The Bertz CT molecular complexity index is 649. The number of aromatic nitrogens is 1. The molecule has 0 aliphatic rings. The third kappa shape index (κ3) is 5.26. The van der Waals surface area contributed by atoms with Crippen molar-refractivity contribution in [3.05, 3.63) is 53.7 Å². The quantitative estimate of drug-likeness (QED) is 0.850. The standard InChI is InChI=1S/C17H21F2N3O/c1-12(11-22(2)3)21-10-13-5-4-8-20-17(13)23-14-6-7-15(18)16(19)9-14/h4-9,12,21H,10-11H2,1-3H3. The number of nitrogens with one attached hydrogen (secondary N) is 1. The summed E-state index contributed by atoms with van der Waals surface area (Å²) in [6.45, 7) is 3.56. The van der Waals surface area contributed by atoms with Crippen LogP contribution in [0.5, 0.6) is 11.6 Å². The Kier molecular flexibility index (Phi) is 6.01. The summed E-state index contributed by atoms with van der Waals surface area (Å²) in [5, 5.41) is 3.38. The monoisotopic (exact) mass is 321 g/mol. The summed E-state index contributed by atoms with van der Waals surface area (Å²) in [6, 6.07) is 7.41. The average molecular weight is 321 g/mol. The van der Waals surface area contributed by atoms with Gasteiger partial charge in [-0.1, -0.05) is 6.07 Å². The maximum Gasteiger partial charge on any atom is 0.223 e. The van der Waals surface area contributed by atoms with E-state index in [1.165, 1.54) is 6.07 Å². The van der Waals surface area contributed by atoms with Gasteiger partial charge >= 0.3 is 0 Å². The molecule has 0 radical (unpaired) electrons. The van der Waals surface area contributed by atoms with E-state index in [1.54, 1.807) is 6.20 Å². The van der Waals surface area contributed by atoms with E-state index in [2.05, 4.69) is 22.1 Å². The lowest BCUT2D eigenvalue weighted by atomic mass is 10.2. The fourth-order valence-corrected chi connectivity index (χ4v) is 2.20. The maximum absolute atomic E-state index is 13.3. The van der Waals surface area contributed by atoms with E-state index in [-0.39, 0.29) is 5.75 Å². The van der Waals surface area contributed by atoms with Gasteiger partial charge in [-0.25, -0.2) is 13.8 Å². The van der Waals surface area contributed by atoms with E-state index in [0.717, 1.165) is 24.2 Å². The van der Waals surface area contributed by atoms with Gasteiger partial charge in [-0.3, -0.25) is 0 Å². The zero-order valence-electron chi connectivity index (χ0n) is 13.5. The molecule has 0 saturated carbocycles. The van der Waals surface area contributed by atoms with Crippen molar-refractivity contribution in [2.45, 2.75) is 19.5 Å². The van der Waals surface area contributed by atoms with E-state index in [0.29, 0.717) is 18.5 Å². The Balaban J connectivity index is 2.06. The van der Waals surface area contributed by atoms with Crippen LogP contribution in [-0.4, -0.2) is 36.6 Å². The van der Waals surface area contributed by atoms with E-state index < -0.39 is 11.6 Å². The molecule has 1 heterocycles. The highest BCUT2D eigenvalue weighted by Crippen LogP contribution is 2.24. The van der Waals surface area contributed by atoms with Gasteiger partial charge in [0.25, 0.3) is 0 Å². The number of benzene rings is 1. The SMILES string of the molecule is CC(CN(C)C)NCc1cccnc1Oc1ccc(F)c(F)c1. The topological polar surface area (TPSA) is 37.4 Å². The molecule has 0 aliphatic carbocycles. The van der Waals surface area contributed by atoms with E-state index in [4.69, 9.17) is 4.74 Å². The molecule has 2 aromatic rings. The van der Waals surface area contributed by atoms with Crippen LogP contribution in [-0.2, 0) is 6.54 Å². The first-order valence-corrected chi connectivity index (χ1v) is 7.40. The average Bonchev–Trinajstić information content (AvgIpc) is 2.49. The van der Waals surface area contributed by atoms with Crippen LogP contribution in [0.1, 0.15) is 12.5 Å². The second-order valence-electron chi connectivity index (χ2n) is 5.69. The molecule has 0 bridgehead atoms. The Morgan fingerprint density at radius 3 is 2.70 bits per heavy atom. The molecule has 2 rings (SSSR count). The lowest BCUT2D eigenvalue weighted by molar-refractivity contribution is 0.347. The fourth-order valence-electron chi connectivity index (χ4n) is 2.20. The Hall–Kier alpha value is -2.05. The zero-order chi connectivity index (χ0) is 16.8. The van der Waals surface area contributed by atoms with Crippen molar-refractivity contribution in [2.24, 2.45) is 0 Å². The number of halogens is 2. The maximum atomic E-state index is 13.3. The molecule has 1 unspecified atom stereocenters. The summed E-state index contributed by atoms with van der Waals surface area (Å²) >= 11 is 0. The molecule has 1 aromatic carbocycles. The number of likely N-dealkylation sites (N-methyl/N-ethyl adjacent to an activating group) is 1. The van der Waals surface area contributed by atoms with Crippen LogP contribution in [0.2, 0.25) is 0 Å². The minimum Gasteiger partial charge on any atom is -0.439 e. The van der Waals surface area contributed by atoms with Gasteiger partial charge in [0, 0.05) is 37.0 Å². The molecular weight excluding hydrogens is 300 g/mol. The minimum absolute atomic E-state index is 0.213. The van der Waals surface area contributed by atoms with Gasteiger partial charge in [0.05, 0.1) is 0 Å². The zero-order valence-corrected chi connectivity index (χ0v) is 13.5. The summed E-state index contributed by atoms with van der Waals surface area (Å²) in [6.07, 6.45) is 1.60. The van der Waals surface area contributed by atoms with Gasteiger partial charge in [0.2, 0.25) is 5.88 Å². The second-order valence-corrected chi connectivity index (χ2v) is 5.69. The van der Waals surface area contributed by atoms with E-state index >= 15 is 0 Å². The molecular formula is C17H21F2N3O. The van der Waals surface area contributed by atoms with Crippen LogP contribution in [0, 0.1) is 11.6 Å². The van der Waals surface area contributed by atoms with Crippen molar-refractivity contribution in [1.82, 2.24) is 15.2 Å². The van der Waals surface area contributed by atoms with Crippen LogP contribution >= 0.6 is 0 Å². The Morgan fingerprint density at radius 1 is 1.22 bits per heavy atom. The fraction of sp³-hybridized carbons (Fsp3) is 0.353. The van der Waals surface area contributed by atoms with Crippen molar-refractivity contribution in [3.63, 3.8) is 0 Å². The van der Waals surface area contributed by atoms with E-state index in [9.17, 15) is 8.78 Å². The van der Waals surface area contributed by atoms with Crippen molar-refractivity contribution in [3.8, 4) is 11.6 Å². The number of hydrogen-bond acceptors (Lipinski definition) is 4. The van der Waals surface area contributed by atoms with Crippen molar-refractivity contribution in [1.29, 1.82) is 0 Å². The van der Waals surface area contributed by atoms with Gasteiger partial charge in [-0.15, -0.1) is 0 Å². The predicted octanol–water partition coefficient (Wildman–Crippen LogP) is 3.19. The first-order valence-electron chi connectivity index (χ1n) is 7.40. The molecule has 124 valence electrons. The molecule has 0 amide bonds. The molecule has 0 saturated heterocycles. The molecule has 0 fully saturated rings. The number of hydrogen-bond donors (Lipinski definition) is 1. The van der Waals surface area contributed by atoms with Gasteiger partial charge in [-0.2, -0.15) is 0 Å². The van der Waals surface area contributed by atoms with Crippen LogP contribution in [0.25, 0.3) is 0 Å². The molecule has 4 nitrogen and oxygen atoms in total. The third-order valence-electron chi connectivity index (χ3n) is 3.24. The minimum atomic E-state index is -0.947. The molecule has 0 spiro atoms. The van der Waals surface area contributed by atoms with Gasteiger partial charge in [0.1, 0.15) is 5.75 Å². The second kappa shape index (κ2) is 7.99. The number of ether oxygens (including phenoxy) is 1. The largest absolute Gasteiger partial charge is 0.439 e. The van der Waals surface area contributed by atoms with Crippen molar-refractivity contribution >= 4 is 0 Å². The Morgan fingerprint density at radius 2 is 2.00 bits per heavy atom. The number of nitrogens with zero attached hydrogens (tertiary/aromatic N) is 2. The van der Waals surface area contributed by atoms with Crippen LogP contribution in [0.3, 0.4) is 0 Å². The smallest absolute Gasteiger partial charge is 0.223 e. The summed E-state index contributed by atoms with van der Waals surface area (Å²) in [5.41, 5.74) is 0.850.